The standard InChI is InChI=1S/C18H17ClN4O6S/c1-11-8-12(19)2-7-15(11)29-9-16(24)20-18(30)22-21-17(25)10-28-14-5-3-13(4-6-14)23(26)27/h2-8H,9-10H2,1H3,(H,21,25)(H2,20,22,24,30). The molecule has 0 spiro atoms. The van der Waals surface area contributed by atoms with Crippen LogP contribution in [0.15, 0.2) is 42.5 Å². The molecule has 2 aromatic rings. The van der Waals surface area contributed by atoms with Crippen LogP contribution in [0, 0.1) is 17.0 Å². The van der Waals surface area contributed by atoms with Crippen LogP contribution < -0.4 is 25.6 Å². The topological polar surface area (TPSA) is 132 Å². The third-order valence-electron chi connectivity index (χ3n) is 3.48. The molecule has 2 aromatic carbocycles. The zero-order chi connectivity index (χ0) is 22.1. The number of rotatable bonds is 7. The number of hydrogen-bond donors (Lipinski definition) is 3. The van der Waals surface area contributed by atoms with Crippen LogP contribution in [0.25, 0.3) is 0 Å². The molecule has 158 valence electrons. The number of benzene rings is 2. The average molecular weight is 453 g/mol. The number of aryl methyl sites for hydroxylation is 1. The van der Waals surface area contributed by atoms with Crippen LogP contribution in [-0.4, -0.2) is 35.1 Å². The summed E-state index contributed by atoms with van der Waals surface area (Å²) in [6.45, 7) is 1.13. The second-order valence-electron chi connectivity index (χ2n) is 5.79. The maximum absolute atomic E-state index is 11.9. The number of carbonyl (C=O) groups is 2. The highest BCUT2D eigenvalue weighted by molar-refractivity contribution is 7.80. The smallest absolute Gasteiger partial charge is 0.276 e. The van der Waals surface area contributed by atoms with Crippen LogP contribution in [0.5, 0.6) is 11.5 Å². The number of halogens is 1. The van der Waals surface area contributed by atoms with Crippen LogP contribution in [-0.2, 0) is 9.59 Å². The van der Waals surface area contributed by atoms with Crippen molar-refractivity contribution in [2.24, 2.45) is 0 Å². The predicted octanol–water partition coefficient (Wildman–Crippen LogP) is 2.04. The van der Waals surface area contributed by atoms with E-state index in [4.69, 9.17) is 33.3 Å². The number of nitrogens with zero attached hydrogens (tertiary/aromatic N) is 1. The second-order valence-corrected chi connectivity index (χ2v) is 6.63. The number of amides is 2. The van der Waals surface area contributed by atoms with Crippen molar-refractivity contribution in [1.29, 1.82) is 0 Å². The molecule has 0 aliphatic rings. The van der Waals surface area contributed by atoms with Gasteiger partial charge in [-0.3, -0.25) is 35.9 Å². The van der Waals surface area contributed by atoms with Gasteiger partial charge in [-0.2, -0.15) is 0 Å². The summed E-state index contributed by atoms with van der Waals surface area (Å²) in [6.07, 6.45) is 0. The Hall–Kier alpha value is -3.44. The Labute approximate surface area is 181 Å². The van der Waals surface area contributed by atoms with Gasteiger partial charge in [0, 0.05) is 17.2 Å². The van der Waals surface area contributed by atoms with Crippen molar-refractivity contribution < 1.29 is 24.0 Å². The van der Waals surface area contributed by atoms with E-state index in [1.54, 1.807) is 25.1 Å². The van der Waals surface area contributed by atoms with E-state index in [0.717, 1.165) is 5.56 Å². The van der Waals surface area contributed by atoms with E-state index in [1.807, 2.05) is 0 Å². The van der Waals surface area contributed by atoms with Gasteiger partial charge < -0.3 is 9.47 Å². The first kappa shape index (κ1) is 22.8. The van der Waals surface area contributed by atoms with Crippen LogP contribution >= 0.6 is 23.8 Å². The molecule has 0 bridgehead atoms. The summed E-state index contributed by atoms with van der Waals surface area (Å²) in [7, 11) is 0. The highest BCUT2D eigenvalue weighted by atomic mass is 35.5. The molecule has 0 heterocycles. The Morgan fingerprint density at radius 1 is 1.07 bits per heavy atom. The maximum Gasteiger partial charge on any atom is 0.276 e. The fraction of sp³-hybridized carbons (Fsp3) is 0.167. The third kappa shape index (κ3) is 7.53. The summed E-state index contributed by atoms with van der Waals surface area (Å²) in [6, 6.07) is 10.2. The molecule has 2 amide bonds. The lowest BCUT2D eigenvalue weighted by Crippen LogP contribution is -2.50. The van der Waals surface area contributed by atoms with Gasteiger partial charge in [0.15, 0.2) is 18.3 Å². The molecule has 0 aromatic heterocycles. The number of non-ortho nitro benzene ring substituents is 1. The highest BCUT2D eigenvalue weighted by Gasteiger charge is 2.09. The van der Waals surface area contributed by atoms with Gasteiger partial charge in [0.05, 0.1) is 4.92 Å². The van der Waals surface area contributed by atoms with Gasteiger partial charge in [-0.05, 0) is 55.0 Å². The van der Waals surface area contributed by atoms with Gasteiger partial charge in [-0.15, -0.1) is 0 Å². The number of ether oxygens (including phenoxy) is 2. The highest BCUT2D eigenvalue weighted by Crippen LogP contribution is 2.21. The van der Waals surface area contributed by atoms with E-state index in [9.17, 15) is 19.7 Å². The average Bonchev–Trinajstić information content (AvgIpc) is 2.70. The third-order valence-corrected chi connectivity index (χ3v) is 3.92. The van der Waals surface area contributed by atoms with E-state index in [0.29, 0.717) is 10.8 Å². The van der Waals surface area contributed by atoms with Crippen molar-refractivity contribution in [2.45, 2.75) is 6.92 Å². The SMILES string of the molecule is Cc1cc(Cl)ccc1OCC(=O)NC(=S)NNC(=O)COc1ccc([N+](=O)[O-])cc1. The van der Waals surface area contributed by atoms with E-state index < -0.39 is 16.7 Å². The summed E-state index contributed by atoms with van der Waals surface area (Å²) in [4.78, 5) is 33.6. The number of nitro benzene ring substituents is 1. The van der Waals surface area contributed by atoms with Crippen molar-refractivity contribution >= 4 is 46.4 Å². The first-order valence-electron chi connectivity index (χ1n) is 8.39. The van der Waals surface area contributed by atoms with Gasteiger partial charge in [-0.25, -0.2) is 0 Å². The quantitative estimate of drug-likeness (QED) is 0.330. The zero-order valence-electron chi connectivity index (χ0n) is 15.6. The fourth-order valence-electron chi connectivity index (χ4n) is 2.09. The minimum atomic E-state index is -0.585. The number of thiocarbonyl (C=S) groups is 1. The number of hydrogen-bond acceptors (Lipinski definition) is 7. The Kier molecular flexibility index (Phi) is 8.32. The van der Waals surface area contributed by atoms with Gasteiger partial charge >= 0.3 is 0 Å². The Morgan fingerprint density at radius 2 is 1.73 bits per heavy atom. The normalized spacial score (nSPS) is 9.93. The number of nitrogens with one attached hydrogen (secondary N) is 3. The summed E-state index contributed by atoms with van der Waals surface area (Å²) >= 11 is 10.8. The molecule has 0 aliphatic heterocycles. The van der Waals surface area contributed by atoms with Crippen LogP contribution in [0.2, 0.25) is 5.02 Å². The summed E-state index contributed by atoms with van der Waals surface area (Å²) < 4.78 is 10.6. The minimum absolute atomic E-state index is 0.0928. The van der Waals surface area contributed by atoms with Gasteiger partial charge in [0.25, 0.3) is 17.5 Å². The van der Waals surface area contributed by atoms with E-state index in [2.05, 4.69) is 16.2 Å². The van der Waals surface area contributed by atoms with Crippen molar-refractivity contribution in [3.63, 3.8) is 0 Å². The Bertz CT molecular complexity index is 954. The molecular weight excluding hydrogens is 436 g/mol. The molecule has 0 fully saturated rings. The molecule has 3 N–H and O–H groups in total. The van der Waals surface area contributed by atoms with Crippen LogP contribution in [0.4, 0.5) is 5.69 Å². The van der Waals surface area contributed by atoms with Crippen LogP contribution in [0.1, 0.15) is 5.56 Å². The summed E-state index contributed by atoms with van der Waals surface area (Å²) in [5.41, 5.74) is 5.27. The predicted molar refractivity (Wildman–Crippen MR) is 112 cm³/mol. The number of carbonyl (C=O) groups excluding carboxylic acids is 2. The van der Waals surface area contributed by atoms with E-state index >= 15 is 0 Å². The minimum Gasteiger partial charge on any atom is -0.484 e. The van der Waals surface area contributed by atoms with Crippen molar-refractivity contribution in [1.82, 2.24) is 16.2 Å². The maximum atomic E-state index is 11.9. The summed E-state index contributed by atoms with van der Waals surface area (Å²) in [5, 5.41) is 13.3. The van der Waals surface area contributed by atoms with Crippen molar-refractivity contribution in [3.05, 3.63) is 63.2 Å². The van der Waals surface area contributed by atoms with Crippen LogP contribution in [0.3, 0.4) is 0 Å². The molecule has 0 unspecified atom stereocenters. The lowest BCUT2D eigenvalue weighted by atomic mass is 10.2. The molecule has 0 saturated carbocycles. The molecule has 0 radical (unpaired) electrons. The van der Waals surface area contributed by atoms with E-state index in [-0.39, 0.29) is 29.8 Å². The van der Waals surface area contributed by atoms with Gasteiger partial charge in [-0.1, -0.05) is 11.6 Å². The largest absolute Gasteiger partial charge is 0.484 e. The number of hydrazine groups is 1. The first-order valence-corrected chi connectivity index (χ1v) is 9.18. The van der Waals surface area contributed by atoms with E-state index in [1.165, 1.54) is 24.3 Å². The molecule has 30 heavy (non-hydrogen) atoms. The van der Waals surface area contributed by atoms with Gasteiger partial charge in [0.1, 0.15) is 11.5 Å². The first-order chi connectivity index (χ1) is 14.2. The molecule has 12 heteroatoms. The molecule has 0 atom stereocenters. The Balaban J connectivity index is 1.67. The Morgan fingerprint density at radius 3 is 2.37 bits per heavy atom. The number of nitro groups is 1. The molecule has 10 nitrogen and oxygen atoms in total. The van der Waals surface area contributed by atoms with Crippen molar-refractivity contribution in [3.8, 4) is 11.5 Å². The van der Waals surface area contributed by atoms with Gasteiger partial charge in [0.2, 0.25) is 0 Å². The lowest BCUT2D eigenvalue weighted by molar-refractivity contribution is -0.384. The second kappa shape index (κ2) is 10.9. The fourth-order valence-corrected chi connectivity index (χ4v) is 2.48. The molecule has 2 rings (SSSR count). The molecular formula is C18H17ClN4O6S. The summed E-state index contributed by atoms with van der Waals surface area (Å²) in [5.74, 6) is -0.331. The van der Waals surface area contributed by atoms with Crippen molar-refractivity contribution in [2.75, 3.05) is 13.2 Å². The monoisotopic (exact) mass is 452 g/mol. The molecule has 0 saturated heterocycles. The lowest BCUT2D eigenvalue weighted by Gasteiger charge is -2.12. The zero-order valence-corrected chi connectivity index (χ0v) is 17.2. The molecule has 0 aliphatic carbocycles.